The van der Waals surface area contributed by atoms with Gasteiger partial charge in [0, 0.05) is 19.6 Å². The largest absolute Gasteiger partial charge is 0.497 e. The predicted octanol–water partition coefficient (Wildman–Crippen LogP) is 2.44. The zero-order chi connectivity index (χ0) is 21.3. The van der Waals surface area contributed by atoms with E-state index in [1.54, 1.807) is 21.3 Å². The fraction of sp³-hybridized carbons (Fsp3) is 0.435. The molecule has 0 saturated carbocycles. The van der Waals surface area contributed by atoms with E-state index in [4.69, 9.17) is 18.9 Å². The van der Waals surface area contributed by atoms with Crippen molar-refractivity contribution in [2.45, 2.75) is 12.5 Å². The van der Waals surface area contributed by atoms with E-state index in [-0.39, 0.29) is 18.4 Å². The highest BCUT2D eigenvalue weighted by Gasteiger charge is 2.23. The molecule has 0 bridgehead atoms. The van der Waals surface area contributed by atoms with Gasteiger partial charge in [-0.15, -0.1) is 0 Å². The molecule has 1 N–H and O–H groups in total. The lowest BCUT2D eigenvalue weighted by Gasteiger charge is -2.35. The SMILES string of the molecule is COc1ccc(C(CNC(=O)Cc2ccc(OC)c(OC)c2)N2CCOCC2)cc1. The van der Waals surface area contributed by atoms with Crippen LogP contribution in [0.5, 0.6) is 17.2 Å². The van der Waals surface area contributed by atoms with Crippen LogP contribution < -0.4 is 19.5 Å². The van der Waals surface area contributed by atoms with Crippen molar-refractivity contribution in [3.63, 3.8) is 0 Å². The lowest BCUT2D eigenvalue weighted by molar-refractivity contribution is -0.120. The van der Waals surface area contributed by atoms with E-state index in [0.29, 0.717) is 31.3 Å². The third kappa shape index (κ3) is 5.64. The van der Waals surface area contributed by atoms with Crippen LogP contribution in [0.4, 0.5) is 0 Å². The molecule has 1 fully saturated rings. The summed E-state index contributed by atoms with van der Waals surface area (Å²) in [4.78, 5) is 15.0. The molecule has 30 heavy (non-hydrogen) atoms. The molecule has 0 aromatic heterocycles. The first-order chi connectivity index (χ1) is 14.6. The number of ether oxygens (including phenoxy) is 4. The van der Waals surface area contributed by atoms with E-state index in [0.717, 1.165) is 30.0 Å². The minimum absolute atomic E-state index is 0.0333. The molecule has 0 spiro atoms. The topological polar surface area (TPSA) is 69.3 Å². The Bertz CT molecular complexity index is 819. The summed E-state index contributed by atoms with van der Waals surface area (Å²) in [7, 11) is 4.83. The van der Waals surface area contributed by atoms with Crippen molar-refractivity contribution < 1.29 is 23.7 Å². The summed E-state index contributed by atoms with van der Waals surface area (Å²) in [6, 6.07) is 13.6. The van der Waals surface area contributed by atoms with E-state index < -0.39 is 0 Å². The van der Waals surface area contributed by atoms with Gasteiger partial charge in [0.1, 0.15) is 5.75 Å². The molecule has 0 radical (unpaired) electrons. The van der Waals surface area contributed by atoms with Gasteiger partial charge in [0.25, 0.3) is 0 Å². The van der Waals surface area contributed by atoms with Gasteiger partial charge in [-0.2, -0.15) is 0 Å². The second-order valence-corrected chi connectivity index (χ2v) is 7.11. The summed E-state index contributed by atoms with van der Waals surface area (Å²) in [5, 5.41) is 3.10. The van der Waals surface area contributed by atoms with Crippen LogP contribution >= 0.6 is 0 Å². The van der Waals surface area contributed by atoms with Gasteiger partial charge in [0.05, 0.1) is 47.0 Å². The number of rotatable bonds is 9. The molecule has 7 nitrogen and oxygen atoms in total. The molecule has 162 valence electrons. The number of amides is 1. The van der Waals surface area contributed by atoms with Crippen molar-refractivity contribution in [3.8, 4) is 17.2 Å². The van der Waals surface area contributed by atoms with E-state index in [1.807, 2.05) is 30.3 Å². The second-order valence-electron chi connectivity index (χ2n) is 7.11. The fourth-order valence-corrected chi connectivity index (χ4v) is 3.62. The summed E-state index contributed by atoms with van der Waals surface area (Å²) in [5.74, 6) is 2.05. The summed E-state index contributed by atoms with van der Waals surface area (Å²) < 4.78 is 21.4. The highest BCUT2D eigenvalue weighted by molar-refractivity contribution is 5.78. The molecule has 7 heteroatoms. The molecule has 1 unspecified atom stereocenters. The summed E-state index contributed by atoms with van der Waals surface area (Å²) in [6.45, 7) is 3.60. The Kier molecular flexibility index (Phi) is 7.93. The van der Waals surface area contributed by atoms with E-state index in [2.05, 4.69) is 22.3 Å². The smallest absolute Gasteiger partial charge is 0.224 e. The van der Waals surface area contributed by atoms with Gasteiger partial charge in [-0.05, 0) is 35.4 Å². The molecular formula is C23H30N2O5. The van der Waals surface area contributed by atoms with Crippen LogP contribution in [0.1, 0.15) is 17.2 Å². The maximum Gasteiger partial charge on any atom is 0.224 e. The molecule has 1 aliphatic heterocycles. The maximum absolute atomic E-state index is 12.6. The van der Waals surface area contributed by atoms with Gasteiger partial charge in [-0.1, -0.05) is 18.2 Å². The lowest BCUT2D eigenvalue weighted by atomic mass is 10.0. The normalized spacial score (nSPS) is 15.3. The maximum atomic E-state index is 12.6. The van der Waals surface area contributed by atoms with Gasteiger partial charge in [-0.3, -0.25) is 9.69 Å². The summed E-state index contributed by atoms with van der Waals surface area (Å²) in [6.07, 6.45) is 0.277. The van der Waals surface area contributed by atoms with Crippen LogP contribution in [-0.2, 0) is 16.0 Å². The first-order valence-electron chi connectivity index (χ1n) is 10.1. The number of benzene rings is 2. The van der Waals surface area contributed by atoms with E-state index in [1.165, 1.54) is 0 Å². The van der Waals surface area contributed by atoms with Crippen molar-refractivity contribution in [3.05, 3.63) is 53.6 Å². The molecule has 1 amide bonds. The van der Waals surface area contributed by atoms with Crippen LogP contribution in [0.2, 0.25) is 0 Å². The Morgan fingerprint density at radius 1 is 1.00 bits per heavy atom. The Morgan fingerprint density at radius 2 is 1.70 bits per heavy atom. The molecule has 3 rings (SSSR count). The molecule has 1 atom stereocenters. The molecule has 1 heterocycles. The predicted molar refractivity (Wildman–Crippen MR) is 114 cm³/mol. The number of carbonyl (C=O) groups is 1. The van der Waals surface area contributed by atoms with Gasteiger partial charge < -0.3 is 24.3 Å². The third-order valence-electron chi connectivity index (χ3n) is 5.29. The number of methoxy groups -OCH3 is 3. The van der Waals surface area contributed by atoms with Crippen molar-refractivity contribution in [1.29, 1.82) is 0 Å². The van der Waals surface area contributed by atoms with E-state index in [9.17, 15) is 4.79 Å². The van der Waals surface area contributed by atoms with Crippen LogP contribution in [0.3, 0.4) is 0 Å². The average Bonchev–Trinajstić information content (AvgIpc) is 2.80. The minimum atomic E-state index is -0.0333. The summed E-state index contributed by atoms with van der Waals surface area (Å²) in [5.41, 5.74) is 2.02. The first-order valence-corrected chi connectivity index (χ1v) is 10.1. The number of hydrogen-bond acceptors (Lipinski definition) is 6. The highest BCUT2D eigenvalue weighted by Crippen LogP contribution is 2.28. The van der Waals surface area contributed by atoms with Crippen LogP contribution in [0, 0.1) is 0 Å². The van der Waals surface area contributed by atoms with Gasteiger partial charge in [0.15, 0.2) is 11.5 Å². The zero-order valence-corrected chi connectivity index (χ0v) is 17.8. The zero-order valence-electron chi connectivity index (χ0n) is 17.8. The standard InChI is InChI=1S/C23H30N2O5/c1-27-19-7-5-18(6-8-19)20(25-10-12-30-13-11-25)16-24-23(26)15-17-4-9-21(28-2)22(14-17)29-3/h4-9,14,20H,10-13,15-16H2,1-3H3,(H,24,26). The number of nitrogens with zero attached hydrogens (tertiary/aromatic N) is 1. The van der Waals surface area contributed by atoms with Gasteiger partial charge in [-0.25, -0.2) is 0 Å². The Morgan fingerprint density at radius 3 is 2.33 bits per heavy atom. The lowest BCUT2D eigenvalue weighted by Crippen LogP contribution is -2.44. The van der Waals surface area contributed by atoms with Crippen molar-refractivity contribution in [1.82, 2.24) is 10.2 Å². The minimum Gasteiger partial charge on any atom is -0.497 e. The van der Waals surface area contributed by atoms with Crippen LogP contribution in [0.15, 0.2) is 42.5 Å². The number of hydrogen-bond donors (Lipinski definition) is 1. The highest BCUT2D eigenvalue weighted by atomic mass is 16.5. The number of nitrogens with one attached hydrogen (secondary N) is 1. The average molecular weight is 415 g/mol. The molecular weight excluding hydrogens is 384 g/mol. The quantitative estimate of drug-likeness (QED) is 0.680. The van der Waals surface area contributed by atoms with Gasteiger partial charge in [0.2, 0.25) is 5.91 Å². The Hall–Kier alpha value is -2.77. The van der Waals surface area contributed by atoms with E-state index >= 15 is 0 Å². The molecule has 1 saturated heterocycles. The number of carbonyl (C=O) groups excluding carboxylic acids is 1. The third-order valence-corrected chi connectivity index (χ3v) is 5.29. The molecule has 2 aromatic carbocycles. The monoisotopic (exact) mass is 414 g/mol. The van der Waals surface area contributed by atoms with Crippen LogP contribution in [-0.4, -0.2) is 65.0 Å². The number of morpholine rings is 1. The Balaban J connectivity index is 1.66. The molecule has 0 aliphatic carbocycles. The second kappa shape index (κ2) is 10.8. The van der Waals surface area contributed by atoms with Crippen molar-refractivity contribution >= 4 is 5.91 Å². The Labute approximate surface area is 177 Å². The van der Waals surface area contributed by atoms with Crippen molar-refractivity contribution in [2.75, 3.05) is 54.2 Å². The molecule has 2 aromatic rings. The summed E-state index contributed by atoms with van der Waals surface area (Å²) >= 11 is 0. The van der Waals surface area contributed by atoms with Gasteiger partial charge >= 0.3 is 0 Å². The fourth-order valence-electron chi connectivity index (χ4n) is 3.62. The molecule has 1 aliphatic rings. The first kappa shape index (κ1) is 21.9. The van der Waals surface area contributed by atoms with Crippen molar-refractivity contribution in [2.24, 2.45) is 0 Å². The van der Waals surface area contributed by atoms with Crippen LogP contribution in [0.25, 0.3) is 0 Å².